The molecule has 106 valence electrons. The highest BCUT2D eigenvalue weighted by Gasteiger charge is 2.26. The molecule has 1 amide bonds. The third-order valence-electron chi connectivity index (χ3n) is 2.98. The van der Waals surface area contributed by atoms with Crippen LogP contribution in [0.1, 0.15) is 31.9 Å². The van der Waals surface area contributed by atoms with Gasteiger partial charge in [-0.1, -0.05) is 45.0 Å². The average Bonchev–Trinajstić information content (AvgIpc) is 2.35. The Morgan fingerprint density at radius 1 is 1.37 bits per heavy atom. The zero-order chi connectivity index (χ0) is 14.5. The molecule has 1 atom stereocenters. The molecule has 0 radical (unpaired) electrons. The van der Waals surface area contributed by atoms with Gasteiger partial charge in [0, 0.05) is 13.7 Å². The van der Waals surface area contributed by atoms with Crippen molar-refractivity contribution in [1.82, 2.24) is 5.32 Å². The number of nitrogens with one attached hydrogen (secondary N) is 1. The summed E-state index contributed by atoms with van der Waals surface area (Å²) < 4.78 is 5.08. The second kappa shape index (κ2) is 6.68. The van der Waals surface area contributed by atoms with Crippen LogP contribution in [0.2, 0.25) is 0 Å². The Bertz CT molecular complexity index is 424. The fourth-order valence-corrected chi connectivity index (χ4v) is 1.69. The normalized spacial score (nSPS) is 13.1. The van der Waals surface area contributed by atoms with E-state index in [-0.39, 0.29) is 11.3 Å². The minimum absolute atomic E-state index is 0.121. The van der Waals surface area contributed by atoms with Crippen LogP contribution in [0.4, 0.5) is 0 Å². The van der Waals surface area contributed by atoms with Crippen molar-refractivity contribution < 1.29 is 9.53 Å². The summed E-state index contributed by atoms with van der Waals surface area (Å²) in [6.07, 6.45) is 0. The highest BCUT2D eigenvalue weighted by atomic mass is 16.5. The SMILES string of the molecule is COCc1cccc(CNC(=O)C(N)C(C)(C)C)c1. The Hall–Kier alpha value is -1.39. The first kappa shape index (κ1) is 15.7. The predicted octanol–water partition coefficient (Wildman–Crippen LogP) is 1.82. The molecule has 0 heterocycles. The van der Waals surface area contributed by atoms with Crippen molar-refractivity contribution in [2.75, 3.05) is 7.11 Å². The lowest BCUT2D eigenvalue weighted by molar-refractivity contribution is -0.124. The third kappa shape index (κ3) is 5.01. The Morgan fingerprint density at radius 3 is 2.58 bits per heavy atom. The van der Waals surface area contributed by atoms with E-state index in [0.717, 1.165) is 11.1 Å². The minimum atomic E-state index is -0.505. The van der Waals surface area contributed by atoms with Crippen LogP contribution < -0.4 is 11.1 Å². The number of amides is 1. The molecular weight excluding hydrogens is 240 g/mol. The first-order valence-electron chi connectivity index (χ1n) is 6.44. The van der Waals surface area contributed by atoms with Gasteiger partial charge in [-0.25, -0.2) is 0 Å². The van der Waals surface area contributed by atoms with Crippen LogP contribution in [-0.4, -0.2) is 19.1 Å². The maximum Gasteiger partial charge on any atom is 0.237 e. The van der Waals surface area contributed by atoms with Crippen LogP contribution in [0.15, 0.2) is 24.3 Å². The Balaban J connectivity index is 2.57. The second-order valence-electron chi connectivity index (χ2n) is 5.81. The van der Waals surface area contributed by atoms with E-state index in [1.54, 1.807) is 7.11 Å². The van der Waals surface area contributed by atoms with Gasteiger partial charge in [0.25, 0.3) is 0 Å². The summed E-state index contributed by atoms with van der Waals surface area (Å²) in [6, 6.07) is 7.44. The summed E-state index contributed by atoms with van der Waals surface area (Å²) >= 11 is 0. The van der Waals surface area contributed by atoms with Crippen LogP contribution in [0.5, 0.6) is 0 Å². The molecule has 4 heteroatoms. The summed E-state index contributed by atoms with van der Waals surface area (Å²) in [7, 11) is 1.66. The number of methoxy groups -OCH3 is 1. The Morgan fingerprint density at radius 2 is 2.00 bits per heavy atom. The van der Waals surface area contributed by atoms with Crippen LogP contribution >= 0.6 is 0 Å². The van der Waals surface area contributed by atoms with E-state index < -0.39 is 6.04 Å². The van der Waals surface area contributed by atoms with E-state index in [0.29, 0.717) is 13.2 Å². The van der Waals surface area contributed by atoms with Crippen molar-refractivity contribution in [3.8, 4) is 0 Å². The van der Waals surface area contributed by atoms with Gasteiger partial charge in [-0.3, -0.25) is 4.79 Å². The smallest absolute Gasteiger partial charge is 0.237 e. The van der Waals surface area contributed by atoms with Gasteiger partial charge in [-0.05, 0) is 16.5 Å². The van der Waals surface area contributed by atoms with Crippen molar-refractivity contribution in [2.45, 2.75) is 40.0 Å². The lowest BCUT2D eigenvalue weighted by Gasteiger charge is -2.25. The highest BCUT2D eigenvalue weighted by Crippen LogP contribution is 2.17. The van der Waals surface area contributed by atoms with E-state index >= 15 is 0 Å². The maximum absolute atomic E-state index is 11.9. The van der Waals surface area contributed by atoms with Crippen LogP contribution in [0.25, 0.3) is 0 Å². The standard InChI is InChI=1S/C15H24N2O2/c1-15(2,3)13(16)14(18)17-9-11-6-5-7-12(8-11)10-19-4/h5-8,13H,9-10,16H2,1-4H3,(H,17,18). The summed E-state index contributed by atoms with van der Waals surface area (Å²) in [5, 5.41) is 2.87. The minimum Gasteiger partial charge on any atom is -0.380 e. The summed E-state index contributed by atoms with van der Waals surface area (Å²) in [5.41, 5.74) is 7.81. The molecule has 0 spiro atoms. The molecule has 1 unspecified atom stereocenters. The molecule has 0 aliphatic carbocycles. The average molecular weight is 264 g/mol. The van der Waals surface area contributed by atoms with Crippen molar-refractivity contribution >= 4 is 5.91 Å². The summed E-state index contributed by atoms with van der Waals surface area (Å²) in [6.45, 7) is 6.92. The largest absolute Gasteiger partial charge is 0.380 e. The lowest BCUT2D eigenvalue weighted by Crippen LogP contribution is -2.48. The van der Waals surface area contributed by atoms with Gasteiger partial charge in [-0.15, -0.1) is 0 Å². The molecule has 0 aromatic heterocycles. The second-order valence-corrected chi connectivity index (χ2v) is 5.81. The monoisotopic (exact) mass is 264 g/mol. The number of hydrogen-bond acceptors (Lipinski definition) is 3. The third-order valence-corrected chi connectivity index (χ3v) is 2.98. The van der Waals surface area contributed by atoms with Crippen molar-refractivity contribution in [3.05, 3.63) is 35.4 Å². The maximum atomic E-state index is 11.9. The summed E-state index contributed by atoms with van der Waals surface area (Å²) in [4.78, 5) is 11.9. The van der Waals surface area contributed by atoms with E-state index in [9.17, 15) is 4.79 Å². The molecule has 19 heavy (non-hydrogen) atoms. The topological polar surface area (TPSA) is 64.3 Å². The molecule has 0 saturated carbocycles. The van der Waals surface area contributed by atoms with E-state index in [2.05, 4.69) is 5.32 Å². The number of rotatable bonds is 5. The molecule has 0 aliphatic rings. The lowest BCUT2D eigenvalue weighted by atomic mass is 9.87. The number of carbonyl (C=O) groups is 1. The van der Waals surface area contributed by atoms with Crippen molar-refractivity contribution in [1.29, 1.82) is 0 Å². The molecule has 0 aliphatic heterocycles. The zero-order valence-electron chi connectivity index (χ0n) is 12.2. The zero-order valence-corrected chi connectivity index (χ0v) is 12.2. The van der Waals surface area contributed by atoms with Gasteiger partial charge < -0.3 is 15.8 Å². The van der Waals surface area contributed by atoms with Crippen molar-refractivity contribution in [2.24, 2.45) is 11.1 Å². The molecule has 1 rings (SSSR count). The van der Waals surface area contributed by atoms with Crippen LogP contribution in [0.3, 0.4) is 0 Å². The molecule has 3 N–H and O–H groups in total. The molecular formula is C15H24N2O2. The molecule has 0 saturated heterocycles. The van der Waals surface area contributed by atoms with Crippen LogP contribution in [-0.2, 0) is 22.7 Å². The number of ether oxygens (including phenoxy) is 1. The molecule has 1 aromatic rings. The fraction of sp³-hybridized carbons (Fsp3) is 0.533. The molecule has 4 nitrogen and oxygen atoms in total. The predicted molar refractivity (Wildman–Crippen MR) is 76.4 cm³/mol. The fourth-order valence-electron chi connectivity index (χ4n) is 1.69. The number of carbonyl (C=O) groups excluding carboxylic acids is 1. The van der Waals surface area contributed by atoms with Gasteiger partial charge in [0.15, 0.2) is 0 Å². The summed E-state index contributed by atoms with van der Waals surface area (Å²) in [5.74, 6) is -0.121. The number of nitrogens with two attached hydrogens (primary N) is 1. The van der Waals surface area contributed by atoms with Gasteiger partial charge in [0.05, 0.1) is 12.6 Å². The van der Waals surface area contributed by atoms with E-state index in [1.165, 1.54) is 0 Å². The number of hydrogen-bond donors (Lipinski definition) is 2. The highest BCUT2D eigenvalue weighted by molar-refractivity contribution is 5.82. The first-order valence-corrected chi connectivity index (χ1v) is 6.44. The quantitative estimate of drug-likeness (QED) is 0.852. The molecule has 0 bridgehead atoms. The van der Waals surface area contributed by atoms with E-state index in [1.807, 2.05) is 45.0 Å². The Kier molecular flexibility index (Phi) is 5.51. The van der Waals surface area contributed by atoms with Gasteiger partial charge >= 0.3 is 0 Å². The molecule has 0 fully saturated rings. The van der Waals surface area contributed by atoms with Crippen molar-refractivity contribution in [3.63, 3.8) is 0 Å². The molecule has 1 aromatic carbocycles. The Labute approximate surface area is 115 Å². The van der Waals surface area contributed by atoms with Gasteiger partial charge in [0.2, 0.25) is 5.91 Å². The van der Waals surface area contributed by atoms with Gasteiger partial charge in [0.1, 0.15) is 0 Å². The van der Waals surface area contributed by atoms with Crippen LogP contribution in [0, 0.1) is 5.41 Å². The van der Waals surface area contributed by atoms with E-state index in [4.69, 9.17) is 10.5 Å². The van der Waals surface area contributed by atoms with Gasteiger partial charge in [-0.2, -0.15) is 0 Å². The first-order chi connectivity index (χ1) is 8.84. The number of benzene rings is 1.